The molecule has 0 radical (unpaired) electrons. The van der Waals surface area contributed by atoms with Crippen molar-refractivity contribution in [2.45, 2.75) is 31.7 Å². The molecular formula is C12H21N3. The lowest BCUT2D eigenvalue weighted by atomic mass is 10.0. The number of likely N-dealkylation sites (tertiary alicyclic amines) is 1. The van der Waals surface area contributed by atoms with Crippen molar-refractivity contribution < 1.29 is 0 Å². The summed E-state index contributed by atoms with van der Waals surface area (Å²) >= 11 is 0. The Hall–Kier alpha value is -0.640. The first-order valence-electron chi connectivity index (χ1n) is 5.92. The molecule has 0 spiro atoms. The van der Waals surface area contributed by atoms with Crippen molar-refractivity contribution in [3.63, 3.8) is 0 Å². The molecule has 2 rings (SSSR count). The van der Waals surface area contributed by atoms with Crippen molar-refractivity contribution in [2.75, 3.05) is 19.6 Å². The summed E-state index contributed by atoms with van der Waals surface area (Å²) in [5, 5.41) is 0. The van der Waals surface area contributed by atoms with Gasteiger partial charge in [-0.2, -0.15) is 0 Å². The van der Waals surface area contributed by atoms with E-state index in [2.05, 4.69) is 28.6 Å². The molecule has 3 nitrogen and oxygen atoms in total. The maximum absolute atomic E-state index is 5.49. The highest BCUT2D eigenvalue weighted by Gasteiger charge is 2.18. The molecule has 1 aliphatic heterocycles. The normalized spacial score (nSPS) is 27.8. The van der Waals surface area contributed by atoms with Gasteiger partial charge in [0.05, 0.1) is 0 Å². The zero-order valence-corrected chi connectivity index (χ0v) is 9.28. The molecule has 1 unspecified atom stereocenters. The minimum atomic E-state index is 0.479. The van der Waals surface area contributed by atoms with Crippen LogP contribution in [-0.2, 0) is 0 Å². The second-order valence-electron chi connectivity index (χ2n) is 4.50. The number of rotatable bonds is 3. The van der Waals surface area contributed by atoms with Crippen molar-refractivity contribution in [1.29, 1.82) is 0 Å². The highest BCUT2D eigenvalue weighted by atomic mass is 15.3. The van der Waals surface area contributed by atoms with Crippen molar-refractivity contribution in [1.82, 2.24) is 10.3 Å². The van der Waals surface area contributed by atoms with Crippen LogP contribution in [-0.4, -0.2) is 30.6 Å². The third kappa shape index (κ3) is 3.16. The third-order valence-corrected chi connectivity index (χ3v) is 3.22. The summed E-state index contributed by atoms with van der Waals surface area (Å²) in [6, 6.07) is 0.479. The fraction of sp³-hybridized carbons (Fsp3) is 0.667. The minimum Gasteiger partial charge on any atom is -0.297 e. The highest BCUT2D eigenvalue weighted by molar-refractivity contribution is 5.23. The number of piperidine rings is 1. The number of hydrogen-bond donors (Lipinski definition) is 2. The minimum absolute atomic E-state index is 0.479. The molecule has 15 heavy (non-hydrogen) atoms. The summed E-state index contributed by atoms with van der Waals surface area (Å²) in [5.41, 5.74) is 4.36. The lowest BCUT2D eigenvalue weighted by molar-refractivity contribution is 0.206. The van der Waals surface area contributed by atoms with Crippen LogP contribution in [0.2, 0.25) is 0 Å². The second-order valence-corrected chi connectivity index (χ2v) is 4.50. The SMILES string of the molecule is NNC1CCCN(CC2=CCCC=C2)C1. The van der Waals surface area contributed by atoms with Crippen molar-refractivity contribution in [3.8, 4) is 0 Å². The van der Waals surface area contributed by atoms with Gasteiger partial charge in [0, 0.05) is 19.1 Å². The monoisotopic (exact) mass is 207 g/mol. The maximum atomic E-state index is 5.49. The number of nitrogens with zero attached hydrogens (tertiary/aromatic N) is 1. The Balaban J connectivity index is 1.83. The number of allylic oxidation sites excluding steroid dienone is 2. The van der Waals surface area contributed by atoms with Crippen LogP contribution in [0, 0.1) is 0 Å². The number of hydrazine groups is 1. The van der Waals surface area contributed by atoms with Crippen molar-refractivity contribution in [2.24, 2.45) is 5.84 Å². The Bertz CT molecular complexity index is 258. The van der Waals surface area contributed by atoms with Crippen LogP contribution in [0.5, 0.6) is 0 Å². The Morgan fingerprint density at radius 3 is 3.13 bits per heavy atom. The number of nitrogens with one attached hydrogen (secondary N) is 1. The first-order valence-corrected chi connectivity index (χ1v) is 5.92. The molecule has 0 aromatic rings. The lowest BCUT2D eigenvalue weighted by Gasteiger charge is -2.32. The van der Waals surface area contributed by atoms with E-state index in [-0.39, 0.29) is 0 Å². The van der Waals surface area contributed by atoms with Crippen LogP contribution in [0.25, 0.3) is 0 Å². The molecule has 1 aliphatic carbocycles. The fourth-order valence-electron chi connectivity index (χ4n) is 2.38. The van der Waals surface area contributed by atoms with E-state index in [4.69, 9.17) is 5.84 Å². The van der Waals surface area contributed by atoms with Crippen LogP contribution in [0.15, 0.2) is 23.8 Å². The smallest absolute Gasteiger partial charge is 0.0338 e. The molecule has 1 saturated heterocycles. The molecule has 0 bridgehead atoms. The van der Waals surface area contributed by atoms with E-state index >= 15 is 0 Å². The van der Waals surface area contributed by atoms with Gasteiger partial charge in [0.2, 0.25) is 0 Å². The molecule has 1 heterocycles. The van der Waals surface area contributed by atoms with Gasteiger partial charge in [0.25, 0.3) is 0 Å². The van der Waals surface area contributed by atoms with Crippen LogP contribution in [0.4, 0.5) is 0 Å². The average Bonchev–Trinajstić information content (AvgIpc) is 2.31. The standard InChI is InChI=1S/C12H21N3/c13-14-12-7-4-8-15(10-12)9-11-5-2-1-3-6-11/h2,5-6,12,14H,1,3-4,7-10,13H2. The van der Waals surface area contributed by atoms with Crippen LogP contribution in [0.3, 0.4) is 0 Å². The van der Waals surface area contributed by atoms with E-state index in [1.54, 1.807) is 0 Å². The average molecular weight is 207 g/mol. The van der Waals surface area contributed by atoms with Gasteiger partial charge in [-0.05, 0) is 37.8 Å². The van der Waals surface area contributed by atoms with E-state index in [1.807, 2.05) is 0 Å². The van der Waals surface area contributed by atoms with E-state index in [0.717, 1.165) is 13.1 Å². The topological polar surface area (TPSA) is 41.3 Å². The fourth-order valence-corrected chi connectivity index (χ4v) is 2.38. The first-order chi connectivity index (χ1) is 7.38. The molecule has 0 saturated carbocycles. The summed E-state index contributed by atoms with van der Waals surface area (Å²) < 4.78 is 0. The van der Waals surface area contributed by atoms with E-state index in [9.17, 15) is 0 Å². The van der Waals surface area contributed by atoms with Gasteiger partial charge >= 0.3 is 0 Å². The molecule has 1 fully saturated rings. The summed E-state index contributed by atoms with van der Waals surface area (Å²) in [5.74, 6) is 5.49. The second kappa shape index (κ2) is 5.45. The summed E-state index contributed by atoms with van der Waals surface area (Å²) in [7, 11) is 0. The Morgan fingerprint density at radius 1 is 1.47 bits per heavy atom. The molecule has 84 valence electrons. The predicted octanol–water partition coefficient (Wildman–Crippen LogP) is 1.19. The van der Waals surface area contributed by atoms with E-state index < -0.39 is 0 Å². The van der Waals surface area contributed by atoms with Gasteiger partial charge < -0.3 is 0 Å². The molecule has 0 amide bonds. The predicted molar refractivity (Wildman–Crippen MR) is 63.2 cm³/mol. The zero-order valence-electron chi connectivity index (χ0n) is 9.28. The summed E-state index contributed by atoms with van der Waals surface area (Å²) in [4.78, 5) is 2.50. The molecular weight excluding hydrogens is 186 g/mol. The molecule has 0 aromatic carbocycles. The van der Waals surface area contributed by atoms with Gasteiger partial charge in [-0.1, -0.05) is 18.2 Å². The molecule has 1 atom stereocenters. The van der Waals surface area contributed by atoms with Crippen molar-refractivity contribution >= 4 is 0 Å². The van der Waals surface area contributed by atoms with Gasteiger partial charge in [-0.3, -0.25) is 16.2 Å². The molecule has 2 aliphatic rings. The lowest BCUT2D eigenvalue weighted by Crippen LogP contribution is -2.48. The Labute approximate surface area is 92.0 Å². The largest absolute Gasteiger partial charge is 0.297 e. The number of nitrogens with two attached hydrogens (primary N) is 1. The number of hydrogen-bond acceptors (Lipinski definition) is 3. The van der Waals surface area contributed by atoms with Gasteiger partial charge in [0.15, 0.2) is 0 Å². The molecule has 0 aromatic heterocycles. The van der Waals surface area contributed by atoms with E-state index in [1.165, 1.54) is 37.8 Å². The zero-order chi connectivity index (χ0) is 10.5. The Morgan fingerprint density at radius 2 is 2.40 bits per heavy atom. The third-order valence-electron chi connectivity index (χ3n) is 3.22. The maximum Gasteiger partial charge on any atom is 0.0338 e. The summed E-state index contributed by atoms with van der Waals surface area (Å²) in [6.07, 6.45) is 11.8. The van der Waals surface area contributed by atoms with Gasteiger partial charge in [-0.25, -0.2) is 0 Å². The first kappa shape index (κ1) is 10.9. The van der Waals surface area contributed by atoms with Gasteiger partial charge in [0.1, 0.15) is 0 Å². The van der Waals surface area contributed by atoms with E-state index in [0.29, 0.717) is 6.04 Å². The summed E-state index contributed by atoms with van der Waals surface area (Å²) in [6.45, 7) is 3.39. The van der Waals surface area contributed by atoms with Crippen LogP contribution < -0.4 is 11.3 Å². The molecule has 3 N–H and O–H groups in total. The van der Waals surface area contributed by atoms with Crippen molar-refractivity contribution in [3.05, 3.63) is 23.8 Å². The van der Waals surface area contributed by atoms with Gasteiger partial charge in [-0.15, -0.1) is 0 Å². The molecule has 3 heteroatoms. The Kier molecular flexibility index (Phi) is 3.94. The van der Waals surface area contributed by atoms with Crippen LogP contribution >= 0.6 is 0 Å². The highest BCUT2D eigenvalue weighted by Crippen LogP contribution is 2.15. The quantitative estimate of drug-likeness (QED) is 0.539. The van der Waals surface area contributed by atoms with Crippen LogP contribution in [0.1, 0.15) is 25.7 Å².